The van der Waals surface area contributed by atoms with E-state index in [1.165, 1.54) is 12.0 Å². The van der Waals surface area contributed by atoms with Gasteiger partial charge in [0, 0.05) is 24.0 Å². The molecule has 1 aliphatic heterocycles. The number of hydrogen-bond donors (Lipinski definition) is 0. The van der Waals surface area contributed by atoms with Gasteiger partial charge in [-0.05, 0) is 43.5 Å². The normalized spacial score (nSPS) is 20.5. The van der Waals surface area contributed by atoms with Crippen molar-refractivity contribution in [2.24, 2.45) is 0 Å². The minimum absolute atomic E-state index is 0.128. The molecule has 1 aromatic rings. The van der Waals surface area contributed by atoms with Crippen molar-refractivity contribution in [1.29, 1.82) is 0 Å². The number of nitrogens with zero attached hydrogens (tertiary/aromatic N) is 1. The molecule has 19 heavy (non-hydrogen) atoms. The SMILES string of the molecule is C/C=C/C(=O)N1CCCC[C@@H](c2ccc(Cl)cc2)C1. The minimum atomic E-state index is 0.128. The van der Waals surface area contributed by atoms with E-state index in [4.69, 9.17) is 11.6 Å². The van der Waals surface area contributed by atoms with Crippen LogP contribution in [0.2, 0.25) is 5.02 Å². The first kappa shape index (κ1) is 14.1. The Hall–Kier alpha value is -1.28. The lowest BCUT2D eigenvalue weighted by Gasteiger charge is -2.23. The van der Waals surface area contributed by atoms with Gasteiger partial charge >= 0.3 is 0 Å². The van der Waals surface area contributed by atoms with Crippen LogP contribution in [0.3, 0.4) is 0 Å². The summed E-state index contributed by atoms with van der Waals surface area (Å²) in [6.07, 6.45) is 6.87. The third-order valence-corrected chi connectivity index (χ3v) is 3.89. The summed E-state index contributed by atoms with van der Waals surface area (Å²) in [5.74, 6) is 0.553. The molecule has 1 heterocycles. The monoisotopic (exact) mass is 277 g/mol. The minimum Gasteiger partial charge on any atom is -0.339 e. The van der Waals surface area contributed by atoms with Gasteiger partial charge in [-0.1, -0.05) is 36.2 Å². The molecule has 1 fully saturated rings. The molecule has 1 saturated heterocycles. The van der Waals surface area contributed by atoms with Crippen LogP contribution in [-0.4, -0.2) is 23.9 Å². The average Bonchev–Trinajstić information content (AvgIpc) is 2.66. The lowest BCUT2D eigenvalue weighted by Crippen LogP contribution is -2.32. The molecule has 1 aliphatic rings. The molecule has 102 valence electrons. The molecule has 0 N–H and O–H groups in total. The highest BCUT2D eigenvalue weighted by Gasteiger charge is 2.21. The van der Waals surface area contributed by atoms with Crippen LogP contribution in [0, 0.1) is 0 Å². The van der Waals surface area contributed by atoms with Crippen molar-refractivity contribution >= 4 is 17.5 Å². The zero-order valence-corrected chi connectivity index (χ0v) is 12.1. The number of rotatable bonds is 2. The van der Waals surface area contributed by atoms with Gasteiger partial charge < -0.3 is 4.90 Å². The Morgan fingerprint density at radius 2 is 2.05 bits per heavy atom. The first-order valence-electron chi connectivity index (χ1n) is 6.88. The molecule has 0 spiro atoms. The van der Waals surface area contributed by atoms with E-state index in [2.05, 4.69) is 12.1 Å². The second kappa shape index (κ2) is 6.76. The van der Waals surface area contributed by atoms with Crippen molar-refractivity contribution in [3.05, 3.63) is 47.0 Å². The van der Waals surface area contributed by atoms with Gasteiger partial charge in [-0.3, -0.25) is 4.79 Å². The Balaban J connectivity index is 2.12. The molecule has 2 nitrogen and oxygen atoms in total. The van der Waals surface area contributed by atoms with Gasteiger partial charge in [0.15, 0.2) is 0 Å². The quantitative estimate of drug-likeness (QED) is 0.748. The molecule has 1 amide bonds. The van der Waals surface area contributed by atoms with Gasteiger partial charge in [0.05, 0.1) is 0 Å². The van der Waals surface area contributed by atoms with Crippen molar-refractivity contribution < 1.29 is 4.79 Å². The maximum Gasteiger partial charge on any atom is 0.246 e. The molecule has 0 saturated carbocycles. The maximum absolute atomic E-state index is 12.0. The summed E-state index contributed by atoms with van der Waals surface area (Å²) >= 11 is 5.93. The van der Waals surface area contributed by atoms with Crippen LogP contribution in [-0.2, 0) is 4.79 Å². The van der Waals surface area contributed by atoms with Crippen molar-refractivity contribution in [1.82, 2.24) is 4.90 Å². The third kappa shape index (κ3) is 3.84. The van der Waals surface area contributed by atoms with Gasteiger partial charge in [-0.2, -0.15) is 0 Å². The Bertz CT molecular complexity index is 452. The van der Waals surface area contributed by atoms with Gasteiger partial charge in [0.25, 0.3) is 0 Å². The fourth-order valence-electron chi connectivity index (χ4n) is 2.60. The van der Waals surface area contributed by atoms with Crippen LogP contribution < -0.4 is 0 Å². The van der Waals surface area contributed by atoms with Gasteiger partial charge in [-0.15, -0.1) is 0 Å². The predicted molar refractivity (Wildman–Crippen MR) is 79.4 cm³/mol. The number of allylic oxidation sites excluding steroid dienone is 1. The second-order valence-corrected chi connectivity index (χ2v) is 5.46. The fraction of sp³-hybridized carbons (Fsp3) is 0.438. The molecular formula is C16H20ClNO. The molecule has 3 heteroatoms. The van der Waals surface area contributed by atoms with Crippen LogP contribution >= 0.6 is 11.6 Å². The highest BCUT2D eigenvalue weighted by atomic mass is 35.5. The highest BCUT2D eigenvalue weighted by molar-refractivity contribution is 6.30. The Morgan fingerprint density at radius 3 is 2.74 bits per heavy atom. The summed E-state index contributed by atoms with van der Waals surface area (Å²) < 4.78 is 0. The van der Waals surface area contributed by atoms with E-state index in [1.807, 2.05) is 30.0 Å². The van der Waals surface area contributed by atoms with Gasteiger partial charge in [0.1, 0.15) is 0 Å². The first-order valence-corrected chi connectivity index (χ1v) is 7.25. The van der Waals surface area contributed by atoms with E-state index in [-0.39, 0.29) is 5.91 Å². The van der Waals surface area contributed by atoms with E-state index < -0.39 is 0 Å². The standard InChI is InChI=1S/C16H20ClNO/c1-2-5-16(19)18-11-4-3-6-14(12-18)13-7-9-15(17)10-8-13/h2,5,7-10,14H,3-4,6,11-12H2,1H3/b5-2+/t14-/m1/s1. The molecule has 2 rings (SSSR count). The zero-order valence-electron chi connectivity index (χ0n) is 11.3. The lowest BCUT2D eigenvalue weighted by atomic mass is 9.94. The van der Waals surface area contributed by atoms with Crippen molar-refractivity contribution in [3.8, 4) is 0 Å². The van der Waals surface area contributed by atoms with Crippen LogP contribution in [0.5, 0.6) is 0 Å². The fourth-order valence-corrected chi connectivity index (χ4v) is 2.72. The molecular weight excluding hydrogens is 258 g/mol. The van der Waals surface area contributed by atoms with Gasteiger partial charge in [0.2, 0.25) is 5.91 Å². The number of halogens is 1. The molecule has 0 aromatic heterocycles. The Labute approximate surface area is 120 Å². The Kier molecular flexibility index (Phi) is 5.03. The summed E-state index contributed by atoms with van der Waals surface area (Å²) in [5, 5.41) is 0.763. The van der Waals surface area contributed by atoms with E-state index in [0.29, 0.717) is 5.92 Å². The van der Waals surface area contributed by atoms with E-state index in [9.17, 15) is 4.79 Å². The van der Waals surface area contributed by atoms with Crippen molar-refractivity contribution in [2.75, 3.05) is 13.1 Å². The summed E-state index contributed by atoms with van der Waals surface area (Å²) in [4.78, 5) is 14.0. The first-order chi connectivity index (χ1) is 9.20. The topological polar surface area (TPSA) is 20.3 Å². The lowest BCUT2D eigenvalue weighted by molar-refractivity contribution is -0.126. The molecule has 0 bridgehead atoms. The van der Waals surface area contributed by atoms with Crippen LogP contribution in [0.4, 0.5) is 0 Å². The number of amides is 1. The average molecular weight is 278 g/mol. The number of carbonyl (C=O) groups is 1. The smallest absolute Gasteiger partial charge is 0.246 e. The molecule has 1 aromatic carbocycles. The zero-order chi connectivity index (χ0) is 13.7. The predicted octanol–water partition coefficient (Wildman–Crippen LogP) is 4.01. The number of likely N-dealkylation sites (tertiary alicyclic amines) is 1. The number of benzene rings is 1. The molecule has 1 atom stereocenters. The van der Waals surface area contributed by atoms with Crippen LogP contribution in [0.1, 0.15) is 37.7 Å². The third-order valence-electron chi connectivity index (χ3n) is 3.63. The molecule has 0 radical (unpaired) electrons. The highest BCUT2D eigenvalue weighted by Crippen LogP contribution is 2.27. The van der Waals surface area contributed by atoms with E-state index in [0.717, 1.165) is 31.0 Å². The van der Waals surface area contributed by atoms with Crippen molar-refractivity contribution in [3.63, 3.8) is 0 Å². The molecule has 0 unspecified atom stereocenters. The Morgan fingerprint density at radius 1 is 1.32 bits per heavy atom. The number of carbonyl (C=O) groups excluding carboxylic acids is 1. The van der Waals surface area contributed by atoms with E-state index in [1.54, 1.807) is 6.08 Å². The summed E-state index contributed by atoms with van der Waals surface area (Å²) in [7, 11) is 0. The summed E-state index contributed by atoms with van der Waals surface area (Å²) in [5.41, 5.74) is 1.28. The van der Waals surface area contributed by atoms with Gasteiger partial charge in [-0.25, -0.2) is 0 Å². The largest absolute Gasteiger partial charge is 0.339 e. The van der Waals surface area contributed by atoms with Crippen molar-refractivity contribution in [2.45, 2.75) is 32.1 Å². The number of hydrogen-bond acceptors (Lipinski definition) is 1. The summed E-state index contributed by atoms with van der Waals surface area (Å²) in [6, 6.07) is 8.02. The maximum atomic E-state index is 12.0. The van der Waals surface area contributed by atoms with Crippen LogP contribution in [0.25, 0.3) is 0 Å². The van der Waals surface area contributed by atoms with E-state index >= 15 is 0 Å². The summed E-state index contributed by atoms with van der Waals surface area (Å²) in [6.45, 7) is 3.56. The second-order valence-electron chi connectivity index (χ2n) is 5.03. The van der Waals surface area contributed by atoms with Crippen LogP contribution in [0.15, 0.2) is 36.4 Å². The molecule has 0 aliphatic carbocycles.